The van der Waals surface area contributed by atoms with Crippen LogP contribution in [0.25, 0.3) is 0 Å². The van der Waals surface area contributed by atoms with Gasteiger partial charge in [0.1, 0.15) is 17.2 Å². The number of sulfonamides is 1. The van der Waals surface area contributed by atoms with E-state index in [9.17, 15) is 13.2 Å². The van der Waals surface area contributed by atoms with Crippen molar-refractivity contribution >= 4 is 16.0 Å². The Bertz CT molecular complexity index is 572. The molecule has 1 fully saturated rings. The van der Waals surface area contributed by atoms with E-state index in [1.807, 2.05) is 0 Å². The number of rotatable bonds is 4. The number of hydrogen-bond acceptors (Lipinski definition) is 6. The maximum atomic E-state index is 12.2. The second-order valence-electron chi connectivity index (χ2n) is 4.88. The van der Waals surface area contributed by atoms with Crippen molar-refractivity contribution in [2.45, 2.75) is 25.5 Å². The second-order valence-corrected chi connectivity index (χ2v) is 6.85. The molecule has 1 aromatic rings. The summed E-state index contributed by atoms with van der Waals surface area (Å²) in [6.45, 7) is 2.38. The van der Waals surface area contributed by atoms with Crippen LogP contribution in [-0.2, 0) is 25.3 Å². The van der Waals surface area contributed by atoms with Crippen LogP contribution in [0.4, 0.5) is 0 Å². The lowest BCUT2D eigenvalue weighted by molar-refractivity contribution is -0.146. The highest BCUT2D eigenvalue weighted by atomic mass is 32.2. The van der Waals surface area contributed by atoms with Crippen molar-refractivity contribution in [1.82, 2.24) is 9.46 Å². The minimum Gasteiger partial charge on any atom is -0.469 e. The monoisotopic (exact) mass is 302 g/mol. The lowest BCUT2D eigenvalue weighted by Crippen LogP contribution is -2.41. The first-order valence-electron chi connectivity index (χ1n) is 6.40. The Hall–Kier alpha value is -1.41. The van der Waals surface area contributed by atoms with Crippen LogP contribution in [0.5, 0.6) is 0 Å². The van der Waals surface area contributed by atoms with Crippen LogP contribution < -0.4 is 0 Å². The van der Waals surface area contributed by atoms with Gasteiger partial charge in [0.2, 0.25) is 10.0 Å². The average molecular weight is 302 g/mol. The fraction of sp³-hybridized carbons (Fsp3) is 0.667. The SMILES string of the molecule is COC(=O)C1CCN(S(=O)(=O)Cc2cc(C)on2)CC1. The Labute approximate surface area is 117 Å². The van der Waals surface area contributed by atoms with Gasteiger partial charge in [0, 0.05) is 19.2 Å². The number of nitrogens with zero attached hydrogens (tertiary/aromatic N) is 2. The fourth-order valence-electron chi connectivity index (χ4n) is 2.30. The van der Waals surface area contributed by atoms with Crippen molar-refractivity contribution in [3.05, 3.63) is 17.5 Å². The molecule has 1 saturated heterocycles. The van der Waals surface area contributed by atoms with Gasteiger partial charge in [0.05, 0.1) is 13.0 Å². The van der Waals surface area contributed by atoms with Crippen molar-refractivity contribution in [3.63, 3.8) is 0 Å². The number of carbonyl (C=O) groups is 1. The standard InChI is InChI=1S/C12H18N2O5S/c1-9-7-11(13-19-9)8-20(16,17)14-5-3-10(4-6-14)12(15)18-2/h7,10H,3-6,8H2,1-2H3. The lowest BCUT2D eigenvalue weighted by Gasteiger charge is -2.29. The summed E-state index contributed by atoms with van der Waals surface area (Å²) in [4.78, 5) is 11.4. The smallest absolute Gasteiger partial charge is 0.308 e. The zero-order valence-corrected chi connectivity index (χ0v) is 12.4. The molecule has 0 spiro atoms. The molecule has 8 heteroatoms. The summed E-state index contributed by atoms with van der Waals surface area (Å²) in [5.41, 5.74) is 0.401. The molecule has 0 radical (unpaired) electrons. The Kier molecular flexibility index (Phi) is 4.44. The van der Waals surface area contributed by atoms with Crippen LogP contribution in [0.15, 0.2) is 10.6 Å². The first-order chi connectivity index (χ1) is 9.42. The van der Waals surface area contributed by atoms with E-state index >= 15 is 0 Å². The number of piperidine rings is 1. The number of aromatic nitrogens is 1. The maximum Gasteiger partial charge on any atom is 0.308 e. The van der Waals surface area contributed by atoms with Crippen molar-refractivity contribution in [2.24, 2.45) is 5.92 Å². The first-order valence-corrected chi connectivity index (χ1v) is 8.01. The predicted octanol–water partition coefficient (Wildman–Crippen LogP) is 0.698. The van der Waals surface area contributed by atoms with Gasteiger partial charge in [-0.1, -0.05) is 5.16 Å². The number of methoxy groups -OCH3 is 1. The van der Waals surface area contributed by atoms with Gasteiger partial charge in [0.15, 0.2) is 0 Å². The molecular formula is C12H18N2O5S. The summed E-state index contributed by atoms with van der Waals surface area (Å²) < 4.78 is 35.4. The van der Waals surface area contributed by atoms with Gasteiger partial charge >= 0.3 is 5.97 Å². The minimum atomic E-state index is -3.42. The second kappa shape index (κ2) is 5.92. The van der Waals surface area contributed by atoms with Crippen molar-refractivity contribution in [1.29, 1.82) is 0 Å². The molecule has 1 aromatic heterocycles. The number of esters is 1. The van der Waals surface area contributed by atoms with Crippen LogP contribution in [-0.4, -0.2) is 44.0 Å². The molecule has 0 saturated carbocycles. The van der Waals surface area contributed by atoms with Crippen molar-refractivity contribution in [3.8, 4) is 0 Å². The number of ether oxygens (including phenoxy) is 1. The molecule has 2 heterocycles. The van der Waals surface area contributed by atoms with Crippen LogP contribution >= 0.6 is 0 Å². The maximum absolute atomic E-state index is 12.2. The minimum absolute atomic E-state index is 0.173. The van der Waals surface area contributed by atoms with Crippen molar-refractivity contribution < 1.29 is 22.5 Å². The third kappa shape index (κ3) is 3.37. The van der Waals surface area contributed by atoms with E-state index in [0.717, 1.165) is 0 Å². The molecule has 0 N–H and O–H groups in total. The molecule has 7 nitrogen and oxygen atoms in total. The molecule has 1 aliphatic rings. The van der Waals surface area contributed by atoms with E-state index in [1.165, 1.54) is 11.4 Å². The zero-order chi connectivity index (χ0) is 14.8. The highest BCUT2D eigenvalue weighted by Crippen LogP contribution is 2.22. The summed E-state index contributed by atoms with van der Waals surface area (Å²) in [5.74, 6) is -0.0673. The number of carbonyl (C=O) groups excluding carboxylic acids is 1. The van der Waals surface area contributed by atoms with E-state index < -0.39 is 10.0 Å². The van der Waals surface area contributed by atoms with E-state index in [0.29, 0.717) is 37.4 Å². The van der Waals surface area contributed by atoms with Gasteiger partial charge in [-0.15, -0.1) is 0 Å². The van der Waals surface area contributed by atoms with Crippen molar-refractivity contribution in [2.75, 3.05) is 20.2 Å². The largest absolute Gasteiger partial charge is 0.469 e. The summed E-state index contributed by atoms with van der Waals surface area (Å²) in [6.07, 6.45) is 0.980. The summed E-state index contributed by atoms with van der Waals surface area (Å²) in [5, 5.41) is 3.70. The van der Waals surface area contributed by atoms with Crippen LogP contribution in [0.3, 0.4) is 0 Å². The molecule has 112 valence electrons. The summed E-state index contributed by atoms with van der Waals surface area (Å²) in [7, 11) is -2.07. The van der Waals surface area contributed by atoms with Gasteiger partial charge < -0.3 is 9.26 Å². The quantitative estimate of drug-likeness (QED) is 0.760. The zero-order valence-electron chi connectivity index (χ0n) is 11.5. The van der Waals surface area contributed by atoms with Crippen LogP contribution in [0.2, 0.25) is 0 Å². The van der Waals surface area contributed by atoms with E-state index in [4.69, 9.17) is 4.52 Å². The van der Waals surface area contributed by atoms with E-state index in [1.54, 1.807) is 13.0 Å². The fourth-order valence-corrected chi connectivity index (χ4v) is 3.76. The van der Waals surface area contributed by atoms with Gasteiger partial charge in [-0.2, -0.15) is 0 Å². The van der Waals surface area contributed by atoms with Gasteiger partial charge in [-0.05, 0) is 19.8 Å². The van der Waals surface area contributed by atoms with E-state index in [2.05, 4.69) is 9.89 Å². The molecule has 1 aliphatic heterocycles. The van der Waals surface area contributed by atoms with E-state index in [-0.39, 0.29) is 17.6 Å². The summed E-state index contributed by atoms with van der Waals surface area (Å²) in [6, 6.07) is 1.61. The third-order valence-electron chi connectivity index (χ3n) is 3.39. The molecule has 20 heavy (non-hydrogen) atoms. The predicted molar refractivity (Wildman–Crippen MR) is 70.2 cm³/mol. The lowest BCUT2D eigenvalue weighted by atomic mass is 9.99. The molecule has 2 rings (SSSR count). The third-order valence-corrected chi connectivity index (χ3v) is 5.20. The molecule has 0 amide bonds. The molecule has 0 unspecified atom stereocenters. The van der Waals surface area contributed by atoms with Gasteiger partial charge in [0.25, 0.3) is 0 Å². The highest BCUT2D eigenvalue weighted by Gasteiger charge is 2.32. The van der Waals surface area contributed by atoms with Gasteiger partial charge in [-0.25, -0.2) is 12.7 Å². The van der Waals surface area contributed by atoms with Gasteiger partial charge in [-0.3, -0.25) is 4.79 Å². The average Bonchev–Trinajstić information content (AvgIpc) is 2.82. The first kappa shape index (κ1) is 15.0. The Balaban J connectivity index is 1.97. The molecule has 0 aliphatic carbocycles. The molecule has 0 aromatic carbocycles. The Morgan fingerprint density at radius 2 is 2.15 bits per heavy atom. The highest BCUT2D eigenvalue weighted by molar-refractivity contribution is 7.88. The Morgan fingerprint density at radius 3 is 2.65 bits per heavy atom. The van der Waals surface area contributed by atoms with Crippen LogP contribution in [0.1, 0.15) is 24.3 Å². The molecule has 0 atom stereocenters. The van der Waals surface area contributed by atoms with Crippen LogP contribution in [0, 0.1) is 12.8 Å². The summed E-state index contributed by atoms with van der Waals surface area (Å²) >= 11 is 0. The topological polar surface area (TPSA) is 89.7 Å². The number of aryl methyl sites for hydroxylation is 1. The number of hydrogen-bond donors (Lipinski definition) is 0. The molecule has 0 bridgehead atoms. The Morgan fingerprint density at radius 1 is 1.50 bits per heavy atom. The normalized spacial score (nSPS) is 18.1. The molecular weight excluding hydrogens is 284 g/mol.